The molecule has 4 aromatic rings. The van der Waals surface area contributed by atoms with E-state index in [-0.39, 0.29) is 5.56 Å². The lowest BCUT2D eigenvalue weighted by Crippen LogP contribution is -2.14. The van der Waals surface area contributed by atoms with Crippen LogP contribution in [-0.4, -0.2) is 26.9 Å². The highest BCUT2D eigenvalue weighted by atomic mass is 16.5. The minimum absolute atomic E-state index is 0.150. The monoisotopic (exact) mass is 306 g/mol. The van der Waals surface area contributed by atoms with Crippen LogP contribution in [-0.2, 0) is 0 Å². The van der Waals surface area contributed by atoms with Crippen LogP contribution in [0.5, 0.6) is 5.88 Å². The second-order valence-electron chi connectivity index (χ2n) is 5.38. The fourth-order valence-electron chi connectivity index (χ4n) is 2.70. The van der Waals surface area contributed by atoms with E-state index >= 15 is 0 Å². The molecule has 0 fully saturated rings. The van der Waals surface area contributed by atoms with Gasteiger partial charge in [-0.15, -0.1) is 0 Å². The molecule has 0 unspecified atom stereocenters. The molecule has 0 aliphatic heterocycles. The normalized spacial score (nSPS) is 11.2. The smallest absolute Gasteiger partial charge is 0.280 e. The SMILES string of the molecule is COc1cc(-n2[nH]c3c(cnc4cc(C)ccc43)c2=O)ccn1. The molecule has 6 heteroatoms. The van der Waals surface area contributed by atoms with Crippen molar-refractivity contribution in [3.05, 3.63) is 58.6 Å². The number of fused-ring (bicyclic) bond motifs is 3. The Labute approximate surface area is 131 Å². The number of methoxy groups -OCH3 is 1. The van der Waals surface area contributed by atoms with Gasteiger partial charge in [-0.2, -0.15) is 0 Å². The second-order valence-corrected chi connectivity index (χ2v) is 5.38. The van der Waals surface area contributed by atoms with Crippen LogP contribution in [0.1, 0.15) is 5.56 Å². The molecule has 114 valence electrons. The quantitative estimate of drug-likeness (QED) is 0.618. The molecule has 0 saturated heterocycles. The molecule has 0 amide bonds. The molecule has 3 aromatic heterocycles. The third-order valence-corrected chi connectivity index (χ3v) is 3.87. The summed E-state index contributed by atoms with van der Waals surface area (Å²) in [6, 6.07) is 9.44. The Balaban J connectivity index is 2.03. The highest BCUT2D eigenvalue weighted by molar-refractivity contribution is 6.02. The van der Waals surface area contributed by atoms with Crippen molar-refractivity contribution < 1.29 is 4.74 Å². The highest BCUT2D eigenvalue weighted by Crippen LogP contribution is 2.22. The van der Waals surface area contributed by atoms with Crippen molar-refractivity contribution in [3.8, 4) is 11.6 Å². The number of H-pyrrole nitrogens is 1. The fraction of sp³-hybridized carbons (Fsp3) is 0.118. The summed E-state index contributed by atoms with van der Waals surface area (Å²) in [4.78, 5) is 21.1. The summed E-state index contributed by atoms with van der Waals surface area (Å²) in [5.41, 5.74) is 3.28. The average Bonchev–Trinajstić information content (AvgIpc) is 2.92. The molecule has 1 N–H and O–H groups in total. The van der Waals surface area contributed by atoms with Gasteiger partial charge in [0, 0.05) is 23.8 Å². The maximum atomic E-state index is 12.7. The maximum Gasteiger partial charge on any atom is 0.280 e. The maximum absolute atomic E-state index is 12.7. The number of hydrogen-bond donors (Lipinski definition) is 1. The molecule has 4 rings (SSSR count). The molecule has 0 radical (unpaired) electrons. The van der Waals surface area contributed by atoms with Crippen molar-refractivity contribution in [3.63, 3.8) is 0 Å². The van der Waals surface area contributed by atoms with Crippen molar-refractivity contribution >= 4 is 21.8 Å². The Morgan fingerprint density at radius 1 is 1.13 bits per heavy atom. The van der Waals surface area contributed by atoms with E-state index in [0.29, 0.717) is 17.0 Å². The summed E-state index contributed by atoms with van der Waals surface area (Å²) in [7, 11) is 1.54. The van der Waals surface area contributed by atoms with Crippen molar-refractivity contribution in [2.24, 2.45) is 0 Å². The van der Waals surface area contributed by atoms with Crippen LogP contribution in [0, 0.1) is 6.92 Å². The first-order valence-corrected chi connectivity index (χ1v) is 7.18. The minimum atomic E-state index is -0.150. The van der Waals surface area contributed by atoms with Gasteiger partial charge >= 0.3 is 0 Å². The van der Waals surface area contributed by atoms with E-state index < -0.39 is 0 Å². The van der Waals surface area contributed by atoms with Gasteiger partial charge in [-0.3, -0.25) is 14.9 Å². The third-order valence-electron chi connectivity index (χ3n) is 3.87. The third kappa shape index (κ3) is 2.07. The first-order valence-electron chi connectivity index (χ1n) is 7.18. The van der Waals surface area contributed by atoms with E-state index in [0.717, 1.165) is 22.0 Å². The molecule has 3 heterocycles. The predicted octanol–water partition coefficient (Wildman–Crippen LogP) is 2.58. The first-order chi connectivity index (χ1) is 11.2. The van der Waals surface area contributed by atoms with E-state index in [4.69, 9.17) is 4.74 Å². The number of ether oxygens (including phenoxy) is 1. The topological polar surface area (TPSA) is 72.8 Å². The first kappa shape index (κ1) is 13.5. The Hall–Kier alpha value is -3.15. The van der Waals surface area contributed by atoms with Crippen LogP contribution in [0.2, 0.25) is 0 Å². The van der Waals surface area contributed by atoms with Gasteiger partial charge in [0.1, 0.15) is 0 Å². The minimum Gasteiger partial charge on any atom is -0.481 e. The molecular weight excluding hydrogens is 292 g/mol. The van der Waals surface area contributed by atoms with E-state index in [2.05, 4.69) is 15.1 Å². The molecule has 0 saturated carbocycles. The highest BCUT2D eigenvalue weighted by Gasteiger charge is 2.12. The standard InChI is InChI=1S/C17H14N4O2/c1-10-3-4-12-14(7-10)19-9-13-16(12)20-21(17(13)22)11-5-6-18-15(8-11)23-2/h3-9,20H,1-2H3. The Kier molecular flexibility index (Phi) is 2.90. The molecule has 6 nitrogen and oxygen atoms in total. The van der Waals surface area contributed by atoms with Crippen LogP contribution in [0.25, 0.3) is 27.5 Å². The van der Waals surface area contributed by atoms with E-state index in [9.17, 15) is 4.79 Å². The van der Waals surface area contributed by atoms with E-state index in [1.165, 1.54) is 4.68 Å². The number of nitrogens with one attached hydrogen (secondary N) is 1. The van der Waals surface area contributed by atoms with E-state index in [1.54, 1.807) is 31.6 Å². The number of aryl methyl sites for hydroxylation is 1. The van der Waals surface area contributed by atoms with E-state index in [1.807, 2.05) is 25.1 Å². The predicted molar refractivity (Wildman–Crippen MR) is 88.3 cm³/mol. The lowest BCUT2D eigenvalue weighted by atomic mass is 10.1. The lowest BCUT2D eigenvalue weighted by Gasteiger charge is -2.03. The Morgan fingerprint density at radius 3 is 2.83 bits per heavy atom. The molecular formula is C17H14N4O2. The summed E-state index contributed by atoms with van der Waals surface area (Å²) >= 11 is 0. The zero-order valence-electron chi connectivity index (χ0n) is 12.7. The molecule has 1 aromatic carbocycles. The lowest BCUT2D eigenvalue weighted by molar-refractivity contribution is 0.397. The van der Waals surface area contributed by atoms with Gasteiger partial charge in [-0.1, -0.05) is 12.1 Å². The number of pyridine rings is 2. The van der Waals surface area contributed by atoms with Gasteiger partial charge in [0.15, 0.2) is 0 Å². The van der Waals surface area contributed by atoms with Gasteiger partial charge in [0.25, 0.3) is 5.56 Å². The molecule has 0 aliphatic carbocycles. The molecule has 0 spiro atoms. The van der Waals surface area contributed by atoms with Crippen LogP contribution in [0.15, 0.2) is 47.5 Å². The molecule has 0 aliphatic rings. The van der Waals surface area contributed by atoms with Gasteiger partial charge in [-0.25, -0.2) is 9.67 Å². The number of rotatable bonds is 2. The van der Waals surface area contributed by atoms with Gasteiger partial charge in [0.2, 0.25) is 5.88 Å². The molecule has 0 bridgehead atoms. The zero-order chi connectivity index (χ0) is 16.0. The number of nitrogens with zero attached hydrogens (tertiary/aromatic N) is 3. The van der Waals surface area contributed by atoms with Crippen molar-refractivity contribution in [2.45, 2.75) is 6.92 Å². The van der Waals surface area contributed by atoms with Gasteiger partial charge in [0.05, 0.1) is 29.2 Å². The van der Waals surface area contributed by atoms with Crippen molar-refractivity contribution in [2.75, 3.05) is 7.11 Å². The van der Waals surface area contributed by atoms with Crippen LogP contribution in [0.4, 0.5) is 0 Å². The number of hydrogen-bond acceptors (Lipinski definition) is 4. The number of benzene rings is 1. The number of aromatic nitrogens is 4. The Morgan fingerprint density at radius 2 is 2.00 bits per heavy atom. The summed E-state index contributed by atoms with van der Waals surface area (Å²) in [5.74, 6) is 0.451. The fourth-order valence-corrected chi connectivity index (χ4v) is 2.70. The summed E-state index contributed by atoms with van der Waals surface area (Å²) < 4.78 is 6.60. The largest absolute Gasteiger partial charge is 0.481 e. The molecule has 23 heavy (non-hydrogen) atoms. The summed E-state index contributed by atoms with van der Waals surface area (Å²) in [6.07, 6.45) is 3.22. The van der Waals surface area contributed by atoms with Gasteiger partial charge < -0.3 is 4.74 Å². The van der Waals surface area contributed by atoms with Crippen molar-refractivity contribution in [1.82, 2.24) is 19.7 Å². The van der Waals surface area contributed by atoms with Crippen LogP contribution in [0.3, 0.4) is 0 Å². The van der Waals surface area contributed by atoms with Crippen molar-refractivity contribution in [1.29, 1.82) is 0 Å². The zero-order valence-corrected chi connectivity index (χ0v) is 12.7. The Bertz CT molecular complexity index is 1090. The average molecular weight is 306 g/mol. The van der Waals surface area contributed by atoms with Crippen LogP contribution >= 0.6 is 0 Å². The summed E-state index contributed by atoms with van der Waals surface area (Å²) in [5, 5.41) is 4.65. The summed E-state index contributed by atoms with van der Waals surface area (Å²) in [6.45, 7) is 2.02. The number of aromatic amines is 1. The second kappa shape index (κ2) is 4.95. The van der Waals surface area contributed by atoms with Gasteiger partial charge in [-0.05, 0) is 24.6 Å². The van der Waals surface area contributed by atoms with Crippen LogP contribution < -0.4 is 10.3 Å². The molecule has 0 atom stereocenters.